The maximum Gasteiger partial charge on any atom is 0.254 e. The van der Waals surface area contributed by atoms with Gasteiger partial charge in [-0.2, -0.15) is 0 Å². The number of anilines is 1. The van der Waals surface area contributed by atoms with E-state index in [1.165, 1.54) is 25.3 Å². The molecule has 0 fully saturated rings. The molecule has 0 saturated heterocycles. The topological polar surface area (TPSA) is 67.4 Å². The summed E-state index contributed by atoms with van der Waals surface area (Å²) in [7, 11) is 1.49. The minimum atomic E-state index is -0.844. The van der Waals surface area contributed by atoms with Gasteiger partial charge >= 0.3 is 0 Å². The first-order valence-corrected chi connectivity index (χ1v) is 8.41. The fourth-order valence-corrected chi connectivity index (χ4v) is 2.62. The highest BCUT2D eigenvalue weighted by molar-refractivity contribution is 6.32. The van der Waals surface area contributed by atoms with E-state index in [-0.39, 0.29) is 11.5 Å². The molecule has 0 spiro atoms. The standard InChI is InChI=1S/C19H20ClFN2O3/c1-11(2)17(23-18(24)13-6-4-5-7-15(13)21)19(25)22-12-8-9-16(26-3)14(20)10-12/h4-11,17H,1-3H3,(H,22,25)(H,23,24)/t17-/m1/s1. The van der Waals surface area contributed by atoms with Gasteiger partial charge in [-0.1, -0.05) is 37.6 Å². The molecule has 2 aromatic carbocycles. The summed E-state index contributed by atoms with van der Waals surface area (Å²) in [6, 6.07) is 9.58. The van der Waals surface area contributed by atoms with E-state index in [2.05, 4.69) is 10.6 Å². The van der Waals surface area contributed by atoms with Crippen LogP contribution < -0.4 is 15.4 Å². The van der Waals surface area contributed by atoms with Crippen molar-refractivity contribution in [3.8, 4) is 5.75 Å². The molecule has 5 nitrogen and oxygen atoms in total. The Hall–Kier alpha value is -2.60. The average Bonchev–Trinajstić information content (AvgIpc) is 2.59. The number of nitrogens with one attached hydrogen (secondary N) is 2. The molecule has 0 aromatic heterocycles. The molecule has 2 amide bonds. The zero-order valence-corrected chi connectivity index (χ0v) is 15.4. The first-order valence-electron chi connectivity index (χ1n) is 8.03. The lowest BCUT2D eigenvalue weighted by Gasteiger charge is -2.22. The van der Waals surface area contributed by atoms with E-state index in [1.807, 2.05) is 0 Å². The van der Waals surface area contributed by atoms with Gasteiger partial charge in [0.05, 0.1) is 17.7 Å². The van der Waals surface area contributed by atoms with Crippen molar-refractivity contribution in [3.05, 3.63) is 58.9 Å². The minimum absolute atomic E-state index is 0.113. The maximum absolute atomic E-state index is 13.8. The second-order valence-corrected chi connectivity index (χ2v) is 6.42. The summed E-state index contributed by atoms with van der Waals surface area (Å²) in [5.41, 5.74) is 0.352. The quantitative estimate of drug-likeness (QED) is 0.801. The largest absolute Gasteiger partial charge is 0.495 e. The van der Waals surface area contributed by atoms with Gasteiger partial charge in [0.2, 0.25) is 5.91 Å². The van der Waals surface area contributed by atoms with Crippen molar-refractivity contribution in [2.75, 3.05) is 12.4 Å². The van der Waals surface area contributed by atoms with Crippen LogP contribution in [0.4, 0.5) is 10.1 Å². The van der Waals surface area contributed by atoms with Crippen LogP contribution in [-0.2, 0) is 4.79 Å². The van der Waals surface area contributed by atoms with Crippen molar-refractivity contribution in [2.24, 2.45) is 5.92 Å². The van der Waals surface area contributed by atoms with E-state index in [9.17, 15) is 14.0 Å². The molecule has 0 saturated carbocycles. The van der Waals surface area contributed by atoms with Crippen LogP contribution in [0.2, 0.25) is 5.02 Å². The van der Waals surface area contributed by atoms with Crippen LogP contribution in [0.15, 0.2) is 42.5 Å². The van der Waals surface area contributed by atoms with E-state index in [1.54, 1.807) is 38.1 Å². The van der Waals surface area contributed by atoms with Crippen LogP contribution in [0.3, 0.4) is 0 Å². The number of benzene rings is 2. The number of carbonyl (C=O) groups is 2. The summed E-state index contributed by atoms with van der Waals surface area (Å²) in [4.78, 5) is 24.9. The fourth-order valence-electron chi connectivity index (χ4n) is 2.36. The summed E-state index contributed by atoms with van der Waals surface area (Å²) in [6.45, 7) is 3.57. The van der Waals surface area contributed by atoms with E-state index < -0.39 is 23.7 Å². The van der Waals surface area contributed by atoms with Gasteiger partial charge in [0.25, 0.3) is 5.91 Å². The smallest absolute Gasteiger partial charge is 0.254 e. The Labute approximate surface area is 156 Å². The molecule has 2 N–H and O–H groups in total. The van der Waals surface area contributed by atoms with Crippen molar-refractivity contribution in [1.29, 1.82) is 0 Å². The summed E-state index contributed by atoms with van der Waals surface area (Å²) >= 11 is 6.05. The molecule has 2 rings (SSSR count). The predicted molar refractivity (Wildman–Crippen MR) is 99.1 cm³/mol. The number of carbonyl (C=O) groups excluding carboxylic acids is 2. The number of hydrogen-bond donors (Lipinski definition) is 2. The Kier molecular flexibility index (Phi) is 6.58. The molecule has 0 bridgehead atoms. The first kappa shape index (κ1) is 19.7. The highest BCUT2D eigenvalue weighted by Crippen LogP contribution is 2.27. The third-order valence-corrected chi connectivity index (χ3v) is 4.07. The Morgan fingerprint density at radius 1 is 1.15 bits per heavy atom. The van der Waals surface area contributed by atoms with Crippen LogP contribution in [0.1, 0.15) is 24.2 Å². The molecule has 0 radical (unpaired) electrons. The maximum atomic E-state index is 13.8. The second-order valence-electron chi connectivity index (χ2n) is 6.01. The fraction of sp³-hybridized carbons (Fsp3) is 0.263. The van der Waals surface area contributed by atoms with E-state index in [0.29, 0.717) is 16.5 Å². The molecular formula is C19H20ClFN2O3. The lowest BCUT2D eigenvalue weighted by molar-refractivity contribution is -0.118. The Bertz CT molecular complexity index is 811. The number of halogens is 2. The summed E-state index contributed by atoms with van der Waals surface area (Å²) < 4.78 is 18.8. The van der Waals surface area contributed by atoms with Gasteiger partial charge in [-0.25, -0.2) is 4.39 Å². The molecule has 0 heterocycles. The van der Waals surface area contributed by atoms with Gasteiger partial charge in [0, 0.05) is 5.69 Å². The van der Waals surface area contributed by atoms with Crippen LogP contribution >= 0.6 is 11.6 Å². The SMILES string of the molecule is COc1ccc(NC(=O)[C@H](NC(=O)c2ccccc2F)C(C)C)cc1Cl. The van der Waals surface area contributed by atoms with Crippen LogP contribution in [0, 0.1) is 11.7 Å². The van der Waals surface area contributed by atoms with Gasteiger partial charge in [-0.3, -0.25) is 9.59 Å². The molecule has 0 aliphatic carbocycles. The number of rotatable bonds is 6. The highest BCUT2D eigenvalue weighted by atomic mass is 35.5. The summed E-state index contributed by atoms with van der Waals surface area (Å²) in [6.07, 6.45) is 0. The van der Waals surface area contributed by atoms with Gasteiger partial charge in [0.15, 0.2) is 0 Å². The van der Waals surface area contributed by atoms with Crippen molar-refractivity contribution in [3.63, 3.8) is 0 Å². The van der Waals surface area contributed by atoms with Crippen molar-refractivity contribution in [2.45, 2.75) is 19.9 Å². The van der Waals surface area contributed by atoms with Crippen molar-refractivity contribution < 1.29 is 18.7 Å². The third-order valence-electron chi connectivity index (χ3n) is 3.77. The highest BCUT2D eigenvalue weighted by Gasteiger charge is 2.26. The molecule has 2 aromatic rings. The van der Waals surface area contributed by atoms with E-state index >= 15 is 0 Å². The van der Waals surface area contributed by atoms with E-state index in [0.717, 1.165) is 0 Å². The zero-order chi connectivity index (χ0) is 19.3. The molecular weight excluding hydrogens is 359 g/mol. The Balaban J connectivity index is 2.14. The normalized spacial score (nSPS) is 11.8. The van der Waals surface area contributed by atoms with Crippen LogP contribution in [0.5, 0.6) is 5.75 Å². The summed E-state index contributed by atoms with van der Waals surface area (Å²) in [5, 5.41) is 5.63. The predicted octanol–water partition coefficient (Wildman–Crippen LogP) is 3.88. The van der Waals surface area contributed by atoms with Gasteiger partial charge in [0.1, 0.15) is 17.6 Å². The number of amides is 2. The molecule has 7 heteroatoms. The first-order chi connectivity index (χ1) is 12.3. The van der Waals surface area contributed by atoms with E-state index in [4.69, 9.17) is 16.3 Å². The van der Waals surface area contributed by atoms with Crippen molar-refractivity contribution >= 4 is 29.1 Å². The number of hydrogen-bond acceptors (Lipinski definition) is 3. The third kappa shape index (κ3) is 4.73. The molecule has 1 atom stereocenters. The number of methoxy groups -OCH3 is 1. The monoisotopic (exact) mass is 378 g/mol. The Morgan fingerprint density at radius 3 is 2.42 bits per heavy atom. The second kappa shape index (κ2) is 8.67. The Morgan fingerprint density at radius 2 is 1.85 bits per heavy atom. The van der Waals surface area contributed by atoms with Gasteiger partial charge in [-0.15, -0.1) is 0 Å². The molecule has 0 aliphatic rings. The average molecular weight is 379 g/mol. The van der Waals surface area contributed by atoms with Gasteiger partial charge in [-0.05, 0) is 36.2 Å². The lowest BCUT2D eigenvalue weighted by atomic mass is 10.0. The lowest BCUT2D eigenvalue weighted by Crippen LogP contribution is -2.47. The van der Waals surface area contributed by atoms with Crippen LogP contribution in [0.25, 0.3) is 0 Å². The molecule has 26 heavy (non-hydrogen) atoms. The van der Waals surface area contributed by atoms with Gasteiger partial charge < -0.3 is 15.4 Å². The molecule has 0 unspecified atom stereocenters. The minimum Gasteiger partial charge on any atom is -0.495 e. The summed E-state index contributed by atoms with van der Waals surface area (Å²) in [5.74, 6) is -1.44. The van der Waals surface area contributed by atoms with Crippen molar-refractivity contribution in [1.82, 2.24) is 5.32 Å². The molecule has 0 aliphatic heterocycles. The number of ether oxygens (including phenoxy) is 1. The molecule has 138 valence electrons. The van der Waals surface area contributed by atoms with Crippen LogP contribution in [-0.4, -0.2) is 25.0 Å². The zero-order valence-electron chi connectivity index (χ0n) is 14.7.